The summed E-state index contributed by atoms with van der Waals surface area (Å²) < 4.78 is 5.00. The van der Waals surface area contributed by atoms with Gasteiger partial charge in [0.25, 0.3) is 0 Å². The van der Waals surface area contributed by atoms with E-state index in [1.54, 1.807) is 12.1 Å². The summed E-state index contributed by atoms with van der Waals surface area (Å²) in [7, 11) is 1.45. The first-order chi connectivity index (χ1) is 8.45. The van der Waals surface area contributed by atoms with Gasteiger partial charge in [-0.25, -0.2) is 0 Å². The van der Waals surface area contributed by atoms with Crippen LogP contribution in [0.4, 0.5) is 0 Å². The molecule has 1 aromatic carbocycles. The van der Waals surface area contributed by atoms with E-state index < -0.39 is 11.9 Å². The fourth-order valence-electron chi connectivity index (χ4n) is 1.84. The predicted octanol–water partition coefficient (Wildman–Crippen LogP) is 3.01. The first-order valence-corrected chi connectivity index (χ1v) is 6.05. The highest BCUT2D eigenvalue weighted by molar-refractivity contribution is 5.76. The summed E-state index contributed by atoms with van der Waals surface area (Å²) in [6.45, 7) is 4.13. The molecule has 4 heteroatoms. The lowest BCUT2D eigenvalue weighted by molar-refractivity contribution is -0.139. The molecule has 1 aromatic rings. The smallest absolute Gasteiger partial charge is 0.310 e. The van der Waals surface area contributed by atoms with Crippen LogP contribution in [-0.4, -0.2) is 23.3 Å². The molecule has 0 saturated carbocycles. The minimum Gasteiger partial charge on any atom is -0.504 e. The normalized spacial score (nSPS) is 12.4. The second-order valence-electron chi connectivity index (χ2n) is 4.79. The Morgan fingerprint density at radius 1 is 1.33 bits per heavy atom. The number of aliphatic carboxylic acids is 1. The molecule has 0 spiro atoms. The lowest BCUT2D eigenvalue weighted by atomic mass is 9.91. The summed E-state index contributed by atoms with van der Waals surface area (Å²) in [6, 6.07) is 4.70. The zero-order valence-electron chi connectivity index (χ0n) is 11.0. The Morgan fingerprint density at radius 3 is 2.50 bits per heavy atom. The zero-order valence-corrected chi connectivity index (χ0v) is 11.0. The molecule has 4 nitrogen and oxygen atoms in total. The van der Waals surface area contributed by atoms with E-state index in [2.05, 4.69) is 13.8 Å². The number of benzene rings is 1. The highest BCUT2D eigenvalue weighted by atomic mass is 16.5. The third-order valence-corrected chi connectivity index (χ3v) is 2.94. The molecule has 2 N–H and O–H groups in total. The number of aromatic hydroxyl groups is 1. The van der Waals surface area contributed by atoms with Gasteiger partial charge in [-0.2, -0.15) is 0 Å². The van der Waals surface area contributed by atoms with Crippen LogP contribution in [-0.2, 0) is 4.79 Å². The van der Waals surface area contributed by atoms with Crippen LogP contribution in [0, 0.1) is 5.92 Å². The quantitative estimate of drug-likeness (QED) is 0.816. The number of methoxy groups -OCH3 is 1. The van der Waals surface area contributed by atoms with Gasteiger partial charge in [0.05, 0.1) is 13.0 Å². The average molecular weight is 252 g/mol. The van der Waals surface area contributed by atoms with Crippen LogP contribution in [0.2, 0.25) is 0 Å². The van der Waals surface area contributed by atoms with Crippen molar-refractivity contribution in [2.24, 2.45) is 5.92 Å². The zero-order chi connectivity index (χ0) is 13.7. The number of hydrogen-bond donors (Lipinski definition) is 2. The fourth-order valence-corrected chi connectivity index (χ4v) is 1.84. The van der Waals surface area contributed by atoms with Gasteiger partial charge >= 0.3 is 5.97 Å². The number of carboxylic acids is 1. The van der Waals surface area contributed by atoms with Crippen molar-refractivity contribution in [1.82, 2.24) is 0 Å². The van der Waals surface area contributed by atoms with Crippen molar-refractivity contribution >= 4 is 5.97 Å². The molecule has 0 aliphatic rings. The predicted molar refractivity (Wildman–Crippen MR) is 69.1 cm³/mol. The molecular formula is C14H20O4. The number of ether oxygens (including phenoxy) is 1. The third-order valence-electron chi connectivity index (χ3n) is 2.94. The van der Waals surface area contributed by atoms with Crippen molar-refractivity contribution in [2.75, 3.05) is 7.11 Å². The molecule has 0 bridgehead atoms. The van der Waals surface area contributed by atoms with E-state index in [-0.39, 0.29) is 5.75 Å². The number of rotatable bonds is 6. The molecule has 0 aliphatic heterocycles. The summed E-state index contributed by atoms with van der Waals surface area (Å²) >= 11 is 0. The fraction of sp³-hybridized carbons (Fsp3) is 0.500. The van der Waals surface area contributed by atoms with Crippen molar-refractivity contribution < 1.29 is 19.7 Å². The third kappa shape index (κ3) is 3.65. The Labute approximate surface area is 107 Å². The van der Waals surface area contributed by atoms with E-state index >= 15 is 0 Å². The van der Waals surface area contributed by atoms with Crippen LogP contribution >= 0.6 is 0 Å². The lowest BCUT2D eigenvalue weighted by Crippen LogP contribution is -2.12. The second kappa shape index (κ2) is 6.28. The van der Waals surface area contributed by atoms with Crippen LogP contribution < -0.4 is 4.74 Å². The van der Waals surface area contributed by atoms with Crippen molar-refractivity contribution in [1.29, 1.82) is 0 Å². The maximum atomic E-state index is 11.3. The number of carboxylic acid groups (broad SMARTS) is 1. The molecule has 0 aromatic heterocycles. The van der Waals surface area contributed by atoms with Gasteiger partial charge in [0, 0.05) is 0 Å². The topological polar surface area (TPSA) is 66.8 Å². The van der Waals surface area contributed by atoms with Gasteiger partial charge in [-0.3, -0.25) is 4.79 Å². The minimum absolute atomic E-state index is 0.0225. The number of carbonyl (C=O) groups is 1. The molecule has 0 amide bonds. The van der Waals surface area contributed by atoms with Gasteiger partial charge in [-0.15, -0.1) is 0 Å². The average Bonchev–Trinajstić information content (AvgIpc) is 2.30. The molecule has 0 aliphatic carbocycles. The van der Waals surface area contributed by atoms with Gasteiger partial charge in [-0.05, 0) is 36.5 Å². The SMILES string of the molecule is COc1cc(C(CCC(C)C)C(=O)O)ccc1O. The molecule has 1 atom stereocenters. The second-order valence-corrected chi connectivity index (χ2v) is 4.79. The van der Waals surface area contributed by atoms with Crippen LogP contribution in [0.15, 0.2) is 18.2 Å². The Hall–Kier alpha value is -1.71. The lowest BCUT2D eigenvalue weighted by Gasteiger charge is -2.15. The maximum absolute atomic E-state index is 11.3. The number of hydrogen-bond acceptors (Lipinski definition) is 3. The van der Waals surface area contributed by atoms with Gasteiger partial charge in [-0.1, -0.05) is 19.9 Å². The van der Waals surface area contributed by atoms with Gasteiger partial charge in [0.2, 0.25) is 0 Å². The summed E-state index contributed by atoms with van der Waals surface area (Å²) in [5, 5.41) is 18.8. The molecule has 0 heterocycles. The first kappa shape index (κ1) is 14.4. The van der Waals surface area contributed by atoms with E-state index in [9.17, 15) is 15.0 Å². The van der Waals surface area contributed by atoms with E-state index in [1.165, 1.54) is 13.2 Å². The monoisotopic (exact) mass is 252 g/mol. The van der Waals surface area contributed by atoms with Gasteiger partial charge in [0.15, 0.2) is 11.5 Å². The van der Waals surface area contributed by atoms with E-state index in [0.717, 1.165) is 6.42 Å². The Morgan fingerprint density at radius 2 is 2.00 bits per heavy atom. The van der Waals surface area contributed by atoms with E-state index in [4.69, 9.17) is 4.74 Å². The summed E-state index contributed by atoms with van der Waals surface area (Å²) in [5.41, 5.74) is 0.665. The molecule has 0 radical (unpaired) electrons. The molecule has 0 saturated heterocycles. The Bertz CT molecular complexity index is 412. The van der Waals surface area contributed by atoms with Gasteiger partial charge < -0.3 is 14.9 Å². The van der Waals surface area contributed by atoms with Crippen LogP contribution in [0.3, 0.4) is 0 Å². The molecule has 0 fully saturated rings. The minimum atomic E-state index is -0.844. The number of phenolic OH excluding ortho intramolecular Hbond substituents is 1. The molecule has 100 valence electrons. The maximum Gasteiger partial charge on any atom is 0.310 e. The molecule has 18 heavy (non-hydrogen) atoms. The van der Waals surface area contributed by atoms with Gasteiger partial charge in [0.1, 0.15) is 0 Å². The standard InChI is InChI=1S/C14H20O4/c1-9(2)4-6-11(14(16)17)10-5-7-12(15)13(8-10)18-3/h5,7-9,11,15H,4,6H2,1-3H3,(H,16,17). The van der Waals surface area contributed by atoms with Crippen LogP contribution in [0.25, 0.3) is 0 Å². The van der Waals surface area contributed by atoms with Crippen molar-refractivity contribution in [3.05, 3.63) is 23.8 Å². The summed E-state index contributed by atoms with van der Waals surface area (Å²) in [4.78, 5) is 11.3. The Balaban J connectivity index is 2.95. The highest BCUT2D eigenvalue weighted by Gasteiger charge is 2.21. The highest BCUT2D eigenvalue weighted by Crippen LogP contribution is 2.32. The Kier molecular flexibility index (Phi) is 5.01. The van der Waals surface area contributed by atoms with E-state index in [0.29, 0.717) is 23.7 Å². The first-order valence-electron chi connectivity index (χ1n) is 6.05. The van der Waals surface area contributed by atoms with Crippen molar-refractivity contribution in [3.63, 3.8) is 0 Å². The molecule has 1 rings (SSSR count). The van der Waals surface area contributed by atoms with Crippen molar-refractivity contribution in [3.8, 4) is 11.5 Å². The summed E-state index contributed by atoms with van der Waals surface area (Å²) in [5.74, 6) is -0.603. The largest absolute Gasteiger partial charge is 0.504 e. The van der Waals surface area contributed by atoms with Crippen LogP contribution in [0.1, 0.15) is 38.2 Å². The summed E-state index contributed by atoms with van der Waals surface area (Å²) in [6.07, 6.45) is 1.43. The van der Waals surface area contributed by atoms with Crippen LogP contribution in [0.5, 0.6) is 11.5 Å². The van der Waals surface area contributed by atoms with Crippen molar-refractivity contribution in [2.45, 2.75) is 32.6 Å². The molecule has 1 unspecified atom stereocenters. The molecular weight excluding hydrogens is 232 g/mol. The van der Waals surface area contributed by atoms with E-state index in [1.807, 2.05) is 0 Å². The number of phenols is 1.